The fourth-order valence-corrected chi connectivity index (χ4v) is 2.68. The minimum atomic E-state index is -4.28. The Morgan fingerprint density at radius 2 is 1.74 bits per heavy atom. The molecule has 158 valence electrons. The number of rotatable bonds is 9. The SMILES string of the molecule is CC(C)CNC(=O)NC(=O)C(C)N1CCN(CCCOCC(F)(F)F)CC1. The Hall–Kier alpha value is -1.39. The van der Waals surface area contributed by atoms with Gasteiger partial charge in [-0.15, -0.1) is 0 Å². The van der Waals surface area contributed by atoms with Crippen molar-refractivity contribution in [1.82, 2.24) is 20.4 Å². The molecular weight excluding hydrogens is 365 g/mol. The van der Waals surface area contributed by atoms with Crippen molar-refractivity contribution < 1.29 is 27.5 Å². The molecule has 0 aromatic heterocycles. The van der Waals surface area contributed by atoms with Gasteiger partial charge in [0.2, 0.25) is 5.91 Å². The Balaban J connectivity index is 2.21. The second kappa shape index (κ2) is 11.5. The highest BCUT2D eigenvalue weighted by atomic mass is 19.4. The standard InChI is InChI=1S/C17H31F3N4O3/c1-13(2)11-21-16(26)22-15(25)14(3)24-8-6-23(7-9-24)5-4-10-27-12-17(18,19)20/h13-14H,4-12H2,1-3H3,(H2,21,22,25,26). The lowest BCUT2D eigenvalue weighted by molar-refractivity contribution is -0.174. The van der Waals surface area contributed by atoms with Gasteiger partial charge in [-0.05, 0) is 19.3 Å². The van der Waals surface area contributed by atoms with Crippen LogP contribution in [0.5, 0.6) is 0 Å². The minimum Gasteiger partial charge on any atom is -0.372 e. The Bertz CT molecular complexity index is 467. The molecule has 0 spiro atoms. The first-order valence-corrected chi connectivity index (χ1v) is 9.28. The van der Waals surface area contributed by atoms with Crippen LogP contribution >= 0.6 is 0 Å². The summed E-state index contributed by atoms with van der Waals surface area (Å²) in [5.41, 5.74) is 0. The van der Waals surface area contributed by atoms with E-state index in [9.17, 15) is 22.8 Å². The molecule has 1 heterocycles. The third-order valence-corrected chi connectivity index (χ3v) is 4.27. The van der Waals surface area contributed by atoms with Crippen LogP contribution in [0.3, 0.4) is 0 Å². The van der Waals surface area contributed by atoms with Crippen LogP contribution in [-0.2, 0) is 9.53 Å². The van der Waals surface area contributed by atoms with Crippen LogP contribution in [0.1, 0.15) is 27.2 Å². The Kier molecular flexibility index (Phi) is 10.0. The zero-order valence-corrected chi connectivity index (χ0v) is 16.3. The lowest BCUT2D eigenvalue weighted by atomic mass is 10.2. The molecule has 27 heavy (non-hydrogen) atoms. The minimum absolute atomic E-state index is 0.0734. The zero-order valence-electron chi connectivity index (χ0n) is 16.3. The number of carbonyl (C=O) groups is 2. The monoisotopic (exact) mass is 396 g/mol. The van der Waals surface area contributed by atoms with Crippen molar-refractivity contribution in [1.29, 1.82) is 0 Å². The summed E-state index contributed by atoms with van der Waals surface area (Å²) in [6.45, 7) is 8.46. The third-order valence-electron chi connectivity index (χ3n) is 4.27. The molecule has 1 fully saturated rings. The number of nitrogens with one attached hydrogen (secondary N) is 2. The fourth-order valence-electron chi connectivity index (χ4n) is 2.68. The van der Waals surface area contributed by atoms with Crippen LogP contribution in [0.15, 0.2) is 0 Å². The molecule has 0 aromatic rings. The molecule has 10 heteroatoms. The van der Waals surface area contributed by atoms with E-state index in [-0.39, 0.29) is 12.5 Å². The van der Waals surface area contributed by atoms with Crippen molar-refractivity contribution in [2.24, 2.45) is 5.92 Å². The molecule has 1 saturated heterocycles. The maximum Gasteiger partial charge on any atom is 0.411 e. The predicted octanol–water partition coefficient (Wildman–Crippen LogP) is 1.44. The summed E-state index contributed by atoms with van der Waals surface area (Å²) < 4.78 is 40.5. The third kappa shape index (κ3) is 10.5. The van der Waals surface area contributed by atoms with Crippen LogP contribution in [0.4, 0.5) is 18.0 Å². The molecule has 7 nitrogen and oxygen atoms in total. The number of amides is 3. The summed E-state index contributed by atoms with van der Waals surface area (Å²) in [6.07, 6.45) is -3.75. The summed E-state index contributed by atoms with van der Waals surface area (Å²) in [6, 6.07) is -0.912. The highest BCUT2D eigenvalue weighted by Gasteiger charge is 2.28. The first kappa shape index (κ1) is 23.6. The van der Waals surface area contributed by atoms with Gasteiger partial charge < -0.3 is 15.0 Å². The molecule has 3 amide bonds. The van der Waals surface area contributed by atoms with Gasteiger partial charge in [0.25, 0.3) is 0 Å². The highest BCUT2D eigenvalue weighted by Crippen LogP contribution is 2.14. The first-order chi connectivity index (χ1) is 12.6. The van der Waals surface area contributed by atoms with Gasteiger partial charge in [0, 0.05) is 45.9 Å². The lowest BCUT2D eigenvalue weighted by Crippen LogP contribution is -2.55. The number of urea groups is 1. The van der Waals surface area contributed by atoms with E-state index in [0.29, 0.717) is 38.5 Å². The maximum absolute atomic E-state index is 12.2. The number of halogens is 3. The summed E-state index contributed by atoms with van der Waals surface area (Å²) in [5, 5.41) is 4.99. The van der Waals surface area contributed by atoms with Crippen LogP contribution < -0.4 is 10.6 Å². The molecule has 0 radical (unpaired) electrons. The molecule has 0 bridgehead atoms. The Morgan fingerprint density at radius 1 is 1.11 bits per heavy atom. The number of imide groups is 1. The molecule has 1 unspecified atom stereocenters. The second-order valence-electron chi connectivity index (χ2n) is 7.17. The van der Waals surface area contributed by atoms with Gasteiger partial charge in [0.1, 0.15) is 6.61 Å². The van der Waals surface area contributed by atoms with Crippen molar-refractivity contribution in [2.45, 2.75) is 39.4 Å². The number of ether oxygens (including phenoxy) is 1. The van der Waals surface area contributed by atoms with Crippen LogP contribution in [0.2, 0.25) is 0 Å². The van der Waals surface area contributed by atoms with E-state index < -0.39 is 24.9 Å². The largest absolute Gasteiger partial charge is 0.411 e. The molecule has 0 aromatic carbocycles. The maximum atomic E-state index is 12.2. The summed E-state index contributed by atoms with van der Waals surface area (Å²) >= 11 is 0. The molecule has 0 aliphatic carbocycles. The molecular formula is C17H31F3N4O3. The molecule has 0 saturated carbocycles. The molecule has 1 aliphatic heterocycles. The highest BCUT2D eigenvalue weighted by molar-refractivity contribution is 5.96. The quantitative estimate of drug-likeness (QED) is 0.577. The van der Waals surface area contributed by atoms with Gasteiger partial charge in [-0.3, -0.25) is 15.0 Å². The van der Waals surface area contributed by atoms with Gasteiger partial charge in [0.05, 0.1) is 6.04 Å². The Morgan fingerprint density at radius 3 is 2.30 bits per heavy atom. The van der Waals surface area contributed by atoms with E-state index in [4.69, 9.17) is 0 Å². The molecule has 1 atom stereocenters. The smallest absolute Gasteiger partial charge is 0.372 e. The number of hydrogen-bond donors (Lipinski definition) is 2. The van der Waals surface area contributed by atoms with E-state index in [2.05, 4.69) is 20.3 Å². The normalized spacial score (nSPS) is 17.7. The van der Waals surface area contributed by atoms with Gasteiger partial charge in [-0.2, -0.15) is 13.2 Å². The van der Waals surface area contributed by atoms with Crippen LogP contribution in [0.25, 0.3) is 0 Å². The summed E-state index contributed by atoms with van der Waals surface area (Å²) in [4.78, 5) is 28.0. The van der Waals surface area contributed by atoms with E-state index >= 15 is 0 Å². The number of carbonyl (C=O) groups excluding carboxylic acids is 2. The summed E-state index contributed by atoms with van der Waals surface area (Å²) in [5.74, 6) is -0.0412. The van der Waals surface area contributed by atoms with Crippen molar-refractivity contribution in [3.63, 3.8) is 0 Å². The van der Waals surface area contributed by atoms with Gasteiger partial charge in [-0.1, -0.05) is 13.8 Å². The number of piperazine rings is 1. The van der Waals surface area contributed by atoms with Gasteiger partial charge in [0.15, 0.2) is 0 Å². The van der Waals surface area contributed by atoms with Gasteiger partial charge in [-0.25, -0.2) is 4.79 Å². The Labute approximate surface area is 158 Å². The van der Waals surface area contributed by atoms with Gasteiger partial charge >= 0.3 is 12.2 Å². The van der Waals surface area contributed by atoms with E-state index in [1.165, 1.54) is 0 Å². The molecule has 1 rings (SSSR count). The predicted molar refractivity (Wildman–Crippen MR) is 95.3 cm³/mol. The molecule has 2 N–H and O–H groups in total. The zero-order chi connectivity index (χ0) is 20.4. The van der Waals surface area contributed by atoms with Crippen molar-refractivity contribution >= 4 is 11.9 Å². The van der Waals surface area contributed by atoms with Crippen molar-refractivity contribution in [2.75, 3.05) is 52.5 Å². The van der Waals surface area contributed by atoms with Crippen LogP contribution in [0, 0.1) is 5.92 Å². The van der Waals surface area contributed by atoms with Crippen LogP contribution in [-0.4, -0.2) is 86.4 Å². The average Bonchev–Trinajstić information content (AvgIpc) is 2.58. The van der Waals surface area contributed by atoms with Crippen molar-refractivity contribution in [3.05, 3.63) is 0 Å². The first-order valence-electron chi connectivity index (χ1n) is 9.28. The van der Waals surface area contributed by atoms with E-state index in [1.54, 1.807) is 6.92 Å². The average molecular weight is 396 g/mol. The van der Waals surface area contributed by atoms with E-state index in [1.807, 2.05) is 18.7 Å². The van der Waals surface area contributed by atoms with E-state index in [0.717, 1.165) is 13.1 Å². The summed E-state index contributed by atoms with van der Waals surface area (Å²) in [7, 11) is 0. The lowest BCUT2D eigenvalue weighted by Gasteiger charge is -2.37. The number of hydrogen-bond acceptors (Lipinski definition) is 5. The fraction of sp³-hybridized carbons (Fsp3) is 0.882. The second-order valence-corrected chi connectivity index (χ2v) is 7.17. The molecule has 1 aliphatic rings. The number of alkyl halides is 3. The topological polar surface area (TPSA) is 73.9 Å². The number of nitrogens with zero attached hydrogens (tertiary/aromatic N) is 2. The van der Waals surface area contributed by atoms with Crippen molar-refractivity contribution in [3.8, 4) is 0 Å².